The van der Waals surface area contributed by atoms with Gasteiger partial charge in [-0.25, -0.2) is 14.8 Å². The van der Waals surface area contributed by atoms with E-state index in [1.54, 1.807) is 17.5 Å². The molecule has 0 bridgehead atoms. The molecule has 1 fully saturated rings. The number of aromatic nitrogens is 2. The molecule has 0 radical (unpaired) electrons. The van der Waals surface area contributed by atoms with Gasteiger partial charge in [0.05, 0.1) is 5.54 Å². The quantitative estimate of drug-likeness (QED) is 0.894. The molecule has 0 aromatic carbocycles. The van der Waals surface area contributed by atoms with Crippen LogP contribution in [0.3, 0.4) is 0 Å². The minimum absolute atomic E-state index is 0.126. The number of carbonyl (C=O) groups excluding carboxylic acids is 1. The first-order chi connectivity index (χ1) is 11.4. The highest BCUT2D eigenvalue weighted by Gasteiger charge is 2.29. The van der Waals surface area contributed by atoms with Gasteiger partial charge in [-0.3, -0.25) is 0 Å². The third-order valence-electron chi connectivity index (χ3n) is 4.08. The lowest BCUT2D eigenvalue weighted by Crippen LogP contribution is -2.50. The van der Waals surface area contributed by atoms with Crippen LogP contribution in [-0.2, 0) is 5.54 Å². The van der Waals surface area contributed by atoms with Crippen molar-refractivity contribution in [2.75, 3.05) is 18.0 Å². The van der Waals surface area contributed by atoms with Crippen LogP contribution >= 0.6 is 11.3 Å². The fraction of sp³-hybridized carbons (Fsp3) is 0.471. The summed E-state index contributed by atoms with van der Waals surface area (Å²) in [7, 11) is 0. The van der Waals surface area contributed by atoms with Gasteiger partial charge in [-0.1, -0.05) is 6.07 Å². The normalized spacial score (nSPS) is 17.8. The van der Waals surface area contributed by atoms with Gasteiger partial charge in [0.25, 0.3) is 0 Å². The first kappa shape index (κ1) is 16.7. The molecule has 0 saturated carbocycles. The van der Waals surface area contributed by atoms with Gasteiger partial charge in [0, 0.05) is 36.4 Å². The van der Waals surface area contributed by atoms with Crippen LogP contribution in [0.2, 0.25) is 0 Å². The summed E-state index contributed by atoms with van der Waals surface area (Å²) in [6.45, 7) is 7.58. The third-order valence-corrected chi connectivity index (χ3v) is 5.36. The van der Waals surface area contributed by atoms with E-state index in [0.717, 1.165) is 36.0 Å². The first-order valence-electron chi connectivity index (χ1n) is 8.11. The smallest absolute Gasteiger partial charge is 0.315 e. The monoisotopic (exact) mass is 345 g/mol. The highest BCUT2D eigenvalue weighted by atomic mass is 32.1. The molecule has 3 heterocycles. The first-order valence-corrected chi connectivity index (χ1v) is 8.99. The Kier molecular flexibility index (Phi) is 4.71. The number of rotatable bonds is 4. The van der Waals surface area contributed by atoms with Crippen molar-refractivity contribution in [2.45, 2.75) is 38.8 Å². The average Bonchev–Trinajstić information content (AvgIpc) is 3.17. The van der Waals surface area contributed by atoms with Crippen LogP contribution in [0, 0.1) is 6.92 Å². The van der Waals surface area contributed by atoms with Crippen molar-refractivity contribution in [2.24, 2.45) is 0 Å². The van der Waals surface area contributed by atoms with Crippen molar-refractivity contribution in [1.82, 2.24) is 20.6 Å². The van der Waals surface area contributed by atoms with E-state index in [2.05, 4.69) is 25.5 Å². The zero-order chi connectivity index (χ0) is 17.2. The van der Waals surface area contributed by atoms with Gasteiger partial charge in [0.2, 0.25) is 0 Å². The molecule has 1 aliphatic heterocycles. The summed E-state index contributed by atoms with van der Waals surface area (Å²) < 4.78 is 0. The number of nitrogens with zero attached hydrogens (tertiary/aromatic N) is 3. The maximum Gasteiger partial charge on any atom is 0.315 e. The van der Waals surface area contributed by atoms with Gasteiger partial charge < -0.3 is 15.5 Å². The molecule has 2 aromatic heterocycles. The average molecular weight is 345 g/mol. The standard InChI is InChI=1S/C17H23N5OS/c1-12-11-24-15(19-12)17(2,3)21-16(23)20-13-7-9-22(10-13)14-6-4-5-8-18-14/h4-6,8,11,13H,7,9-10H2,1-3H3,(H2,20,21,23)/t13-/m0/s1. The molecule has 2 aromatic rings. The highest BCUT2D eigenvalue weighted by molar-refractivity contribution is 7.09. The van der Waals surface area contributed by atoms with E-state index < -0.39 is 5.54 Å². The molecule has 1 atom stereocenters. The summed E-state index contributed by atoms with van der Waals surface area (Å²) in [6, 6.07) is 5.86. The van der Waals surface area contributed by atoms with E-state index in [1.165, 1.54) is 0 Å². The van der Waals surface area contributed by atoms with Gasteiger partial charge >= 0.3 is 6.03 Å². The van der Waals surface area contributed by atoms with E-state index in [0.29, 0.717) is 0 Å². The summed E-state index contributed by atoms with van der Waals surface area (Å²) in [5.41, 5.74) is 0.495. The van der Waals surface area contributed by atoms with Gasteiger partial charge in [-0.15, -0.1) is 11.3 Å². The molecule has 3 rings (SSSR count). The number of aryl methyl sites for hydroxylation is 1. The van der Waals surface area contributed by atoms with E-state index in [9.17, 15) is 4.79 Å². The molecule has 2 amide bonds. The zero-order valence-corrected chi connectivity index (χ0v) is 15.1. The molecule has 128 valence electrons. The van der Waals surface area contributed by atoms with E-state index in [-0.39, 0.29) is 12.1 Å². The zero-order valence-electron chi connectivity index (χ0n) is 14.2. The number of hydrogen-bond donors (Lipinski definition) is 2. The minimum Gasteiger partial charge on any atom is -0.354 e. The Hall–Kier alpha value is -2.15. The SMILES string of the molecule is Cc1csc(C(C)(C)NC(=O)N[C@H]2CCN(c3ccccn3)C2)n1. The lowest BCUT2D eigenvalue weighted by Gasteiger charge is -2.25. The summed E-state index contributed by atoms with van der Waals surface area (Å²) in [4.78, 5) is 23.4. The second-order valence-electron chi connectivity index (χ2n) is 6.64. The van der Waals surface area contributed by atoms with E-state index in [4.69, 9.17) is 0 Å². The maximum absolute atomic E-state index is 12.4. The third kappa shape index (κ3) is 3.84. The van der Waals surface area contributed by atoms with E-state index in [1.807, 2.05) is 44.4 Å². The number of anilines is 1. The Bertz CT molecular complexity index is 700. The molecule has 2 N–H and O–H groups in total. The van der Waals surface area contributed by atoms with Crippen LogP contribution in [0.5, 0.6) is 0 Å². The lowest BCUT2D eigenvalue weighted by atomic mass is 10.1. The van der Waals surface area contributed by atoms with Crippen molar-refractivity contribution in [3.05, 3.63) is 40.5 Å². The Labute approximate surface area is 146 Å². The van der Waals surface area contributed by atoms with Crippen LogP contribution < -0.4 is 15.5 Å². The molecule has 0 aliphatic carbocycles. The summed E-state index contributed by atoms with van der Waals surface area (Å²) in [5, 5.41) is 9.01. The second-order valence-corrected chi connectivity index (χ2v) is 7.50. The largest absolute Gasteiger partial charge is 0.354 e. The Morgan fingerprint density at radius 1 is 1.42 bits per heavy atom. The van der Waals surface area contributed by atoms with Crippen LogP contribution in [0.15, 0.2) is 29.8 Å². The second kappa shape index (κ2) is 6.76. The fourth-order valence-electron chi connectivity index (χ4n) is 2.83. The molecular formula is C17H23N5OS. The lowest BCUT2D eigenvalue weighted by molar-refractivity contribution is 0.227. The number of hydrogen-bond acceptors (Lipinski definition) is 5. The van der Waals surface area contributed by atoms with Gasteiger partial charge in [0.1, 0.15) is 10.8 Å². The molecule has 1 saturated heterocycles. The number of carbonyl (C=O) groups is 1. The number of thiazole rings is 1. The van der Waals surface area contributed by atoms with Crippen LogP contribution in [-0.4, -0.2) is 35.1 Å². The van der Waals surface area contributed by atoms with Crippen molar-refractivity contribution < 1.29 is 4.79 Å². The van der Waals surface area contributed by atoms with Gasteiger partial charge in [0.15, 0.2) is 0 Å². The molecule has 7 heteroatoms. The molecular weight excluding hydrogens is 322 g/mol. The summed E-state index contributed by atoms with van der Waals surface area (Å²) in [5.74, 6) is 0.959. The topological polar surface area (TPSA) is 70.2 Å². The van der Waals surface area contributed by atoms with Crippen molar-refractivity contribution >= 4 is 23.2 Å². The molecule has 6 nitrogen and oxygen atoms in total. The van der Waals surface area contributed by atoms with Crippen molar-refractivity contribution in [1.29, 1.82) is 0 Å². The minimum atomic E-state index is -0.484. The highest BCUT2D eigenvalue weighted by Crippen LogP contribution is 2.24. The number of amides is 2. The maximum atomic E-state index is 12.4. The molecule has 0 unspecified atom stereocenters. The van der Waals surface area contributed by atoms with Crippen molar-refractivity contribution in [3.8, 4) is 0 Å². The van der Waals surface area contributed by atoms with Crippen LogP contribution in [0.1, 0.15) is 31.0 Å². The summed E-state index contributed by atoms with van der Waals surface area (Å²) >= 11 is 1.57. The predicted molar refractivity (Wildman–Crippen MR) is 96.4 cm³/mol. The Balaban J connectivity index is 1.54. The number of urea groups is 1. The summed E-state index contributed by atoms with van der Waals surface area (Å²) in [6.07, 6.45) is 2.71. The van der Waals surface area contributed by atoms with Gasteiger partial charge in [-0.2, -0.15) is 0 Å². The molecule has 1 aliphatic rings. The van der Waals surface area contributed by atoms with E-state index >= 15 is 0 Å². The fourth-order valence-corrected chi connectivity index (χ4v) is 3.70. The van der Waals surface area contributed by atoms with Crippen molar-refractivity contribution in [3.63, 3.8) is 0 Å². The van der Waals surface area contributed by atoms with Crippen LogP contribution in [0.4, 0.5) is 10.6 Å². The Morgan fingerprint density at radius 2 is 2.25 bits per heavy atom. The Morgan fingerprint density at radius 3 is 2.92 bits per heavy atom. The number of nitrogens with one attached hydrogen (secondary N) is 2. The molecule has 24 heavy (non-hydrogen) atoms. The molecule has 0 spiro atoms. The van der Waals surface area contributed by atoms with Crippen LogP contribution in [0.25, 0.3) is 0 Å². The number of pyridine rings is 1. The predicted octanol–water partition coefficient (Wildman–Crippen LogP) is 2.66. The van der Waals surface area contributed by atoms with Gasteiger partial charge in [-0.05, 0) is 39.3 Å².